The number of amidine groups is 1. The van der Waals surface area contributed by atoms with Crippen molar-refractivity contribution in [3.8, 4) is 17.2 Å². The van der Waals surface area contributed by atoms with E-state index < -0.39 is 5.97 Å². The van der Waals surface area contributed by atoms with Gasteiger partial charge in [0.15, 0.2) is 16.7 Å². The summed E-state index contributed by atoms with van der Waals surface area (Å²) in [5.74, 6) is 0.206. The van der Waals surface area contributed by atoms with Crippen LogP contribution in [-0.2, 0) is 11.4 Å². The lowest BCUT2D eigenvalue weighted by Gasteiger charge is -2.12. The predicted octanol–water partition coefficient (Wildman–Crippen LogP) is 3.54. The maximum Gasteiger partial charge on any atom is 0.264 e. The zero-order valence-corrected chi connectivity index (χ0v) is 19.8. The van der Waals surface area contributed by atoms with Gasteiger partial charge in [0.2, 0.25) is 0 Å². The van der Waals surface area contributed by atoms with Crippen molar-refractivity contribution in [2.45, 2.75) is 6.61 Å². The SMILES string of the molecule is COc1ccc(N=C2NC(=O)/C(=C/c3ccc(OCc4cccc(C(=O)[O-])c4)c(OC)c3)S2)cc1. The Kier molecular flexibility index (Phi) is 7.37. The van der Waals surface area contributed by atoms with E-state index in [1.807, 2.05) is 0 Å². The van der Waals surface area contributed by atoms with E-state index >= 15 is 0 Å². The first-order valence-electron chi connectivity index (χ1n) is 10.5. The van der Waals surface area contributed by atoms with Crippen molar-refractivity contribution in [3.63, 3.8) is 0 Å². The number of hydrogen-bond donors (Lipinski definition) is 1. The van der Waals surface area contributed by atoms with Gasteiger partial charge in [-0.2, -0.15) is 0 Å². The molecule has 0 spiro atoms. The Morgan fingerprint density at radius 2 is 1.83 bits per heavy atom. The molecule has 1 fully saturated rings. The molecule has 0 atom stereocenters. The Balaban J connectivity index is 1.46. The monoisotopic (exact) mass is 489 g/mol. The van der Waals surface area contributed by atoms with Crippen LogP contribution in [0.25, 0.3) is 6.08 Å². The molecule has 35 heavy (non-hydrogen) atoms. The minimum atomic E-state index is -1.24. The van der Waals surface area contributed by atoms with Crippen LogP contribution in [-0.4, -0.2) is 31.3 Å². The highest BCUT2D eigenvalue weighted by Crippen LogP contribution is 2.33. The first-order chi connectivity index (χ1) is 16.9. The summed E-state index contributed by atoms with van der Waals surface area (Å²) in [6.45, 7) is 0.154. The molecule has 178 valence electrons. The van der Waals surface area contributed by atoms with Crippen molar-refractivity contribution in [2.24, 2.45) is 4.99 Å². The summed E-state index contributed by atoms with van der Waals surface area (Å²) in [6.07, 6.45) is 1.74. The highest BCUT2D eigenvalue weighted by atomic mass is 32.2. The number of amides is 1. The molecule has 0 aliphatic carbocycles. The number of carbonyl (C=O) groups excluding carboxylic acids is 2. The number of carboxylic acids is 1. The van der Waals surface area contributed by atoms with Crippen LogP contribution < -0.4 is 24.6 Å². The molecular weight excluding hydrogens is 468 g/mol. The summed E-state index contributed by atoms with van der Waals surface area (Å²) in [4.78, 5) is 28.4. The molecule has 3 aromatic carbocycles. The van der Waals surface area contributed by atoms with E-state index in [0.717, 1.165) is 11.3 Å². The minimum Gasteiger partial charge on any atom is -0.545 e. The highest BCUT2D eigenvalue weighted by Gasteiger charge is 2.24. The molecule has 0 radical (unpaired) electrons. The van der Waals surface area contributed by atoms with Crippen LogP contribution >= 0.6 is 11.8 Å². The van der Waals surface area contributed by atoms with Gasteiger partial charge in [-0.25, -0.2) is 4.99 Å². The molecule has 0 bridgehead atoms. The van der Waals surface area contributed by atoms with Gasteiger partial charge in [0, 0.05) is 0 Å². The number of ether oxygens (including phenoxy) is 3. The predicted molar refractivity (Wildman–Crippen MR) is 132 cm³/mol. The Labute approximate surface area is 206 Å². The fourth-order valence-corrected chi connectivity index (χ4v) is 4.09. The number of aliphatic imine (C=N–C) groups is 1. The van der Waals surface area contributed by atoms with E-state index in [2.05, 4.69) is 10.3 Å². The zero-order valence-electron chi connectivity index (χ0n) is 18.9. The number of carbonyl (C=O) groups is 2. The molecule has 9 heteroatoms. The van der Waals surface area contributed by atoms with Crippen molar-refractivity contribution in [1.29, 1.82) is 0 Å². The normalized spacial score (nSPS) is 15.2. The van der Waals surface area contributed by atoms with Gasteiger partial charge in [0.1, 0.15) is 12.4 Å². The molecule has 0 saturated carbocycles. The molecule has 1 aliphatic heterocycles. The van der Waals surface area contributed by atoms with Crippen molar-refractivity contribution in [2.75, 3.05) is 14.2 Å². The van der Waals surface area contributed by atoms with Crippen LogP contribution in [0.15, 0.2) is 76.6 Å². The Morgan fingerprint density at radius 1 is 1.03 bits per heavy atom. The number of methoxy groups -OCH3 is 2. The molecule has 1 N–H and O–H groups in total. The third-order valence-electron chi connectivity index (χ3n) is 5.00. The molecule has 0 unspecified atom stereocenters. The van der Waals surface area contributed by atoms with E-state index in [-0.39, 0.29) is 18.1 Å². The van der Waals surface area contributed by atoms with Gasteiger partial charge in [-0.3, -0.25) is 4.79 Å². The number of carboxylic acid groups (broad SMARTS) is 1. The molecular formula is C26H21N2O6S-. The van der Waals surface area contributed by atoms with Gasteiger partial charge in [-0.15, -0.1) is 0 Å². The van der Waals surface area contributed by atoms with E-state index in [0.29, 0.717) is 32.8 Å². The number of aromatic carboxylic acids is 1. The fourth-order valence-electron chi connectivity index (χ4n) is 3.25. The summed E-state index contributed by atoms with van der Waals surface area (Å²) >= 11 is 1.24. The Hall–Kier alpha value is -4.24. The minimum absolute atomic E-state index is 0.0854. The molecule has 1 aliphatic rings. The van der Waals surface area contributed by atoms with Crippen LogP contribution in [0.3, 0.4) is 0 Å². The van der Waals surface area contributed by atoms with Gasteiger partial charge >= 0.3 is 0 Å². The lowest BCUT2D eigenvalue weighted by atomic mass is 10.1. The van der Waals surface area contributed by atoms with Gasteiger partial charge in [0.05, 0.1) is 30.8 Å². The summed E-state index contributed by atoms with van der Waals surface area (Å²) in [7, 11) is 3.11. The first-order valence-corrected chi connectivity index (χ1v) is 11.3. The lowest BCUT2D eigenvalue weighted by Crippen LogP contribution is -2.22. The summed E-state index contributed by atoms with van der Waals surface area (Å²) < 4.78 is 16.4. The zero-order chi connectivity index (χ0) is 24.8. The summed E-state index contributed by atoms with van der Waals surface area (Å²) in [5.41, 5.74) is 2.21. The van der Waals surface area contributed by atoms with E-state index in [1.165, 1.54) is 31.0 Å². The second-order valence-electron chi connectivity index (χ2n) is 7.37. The second-order valence-corrected chi connectivity index (χ2v) is 8.40. The average molecular weight is 490 g/mol. The van der Waals surface area contributed by atoms with Crippen LogP contribution in [0.1, 0.15) is 21.5 Å². The van der Waals surface area contributed by atoms with Crippen molar-refractivity contribution in [1.82, 2.24) is 5.32 Å². The largest absolute Gasteiger partial charge is 0.545 e. The maximum absolute atomic E-state index is 12.4. The van der Waals surface area contributed by atoms with Crippen LogP contribution in [0, 0.1) is 0 Å². The molecule has 4 rings (SSSR count). The number of benzene rings is 3. The molecule has 3 aromatic rings. The van der Waals surface area contributed by atoms with Gasteiger partial charge in [-0.1, -0.05) is 24.3 Å². The molecule has 1 saturated heterocycles. The van der Waals surface area contributed by atoms with Gasteiger partial charge in [0.25, 0.3) is 5.91 Å². The Bertz CT molecular complexity index is 1320. The third-order valence-corrected chi connectivity index (χ3v) is 5.91. The Morgan fingerprint density at radius 3 is 2.54 bits per heavy atom. The van der Waals surface area contributed by atoms with Crippen LogP contribution in [0.5, 0.6) is 17.2 Å². The first kappa shape index (κ1) is 23.9. The van der Waals surface area contributed by atoms with Crippen molar-refractivity contribution < 1.29 is 28.9 Å². The quantitative estimate of drug-likeness (QED) is 0.482. The smallest absolute Gasteiger partial charge is 0.264 e. The van der Waals surface area contributed by atoms with E-state index in [4.69, 9.17) is 14.2 Å². The number of thioether (sulfide) groups is 1. The molecule has 0 aromatic heterocycles. The number of nitrogens with zero attached hydrogens (tertiary/aromatic N) is 1. The lowest BCUT2D eigenvalue weighted by molar-refractivity contribution is -0.255. The number of hydrogen-bond acceptors (Lipinski definition) is 8. The second kappa shape index (κ2) is 10.8. The number of rotatable bonds is 8. The van der Waals surface area contributed by atoms with E-state index in [1.54, 1.807) is 67.8 Å². The fraction of sp³-hybridized carbons (Fsp3) is 0.115. The molecule has 8 nitrogen and oxygen atoms in total. The van der Waals surface area contributed by atoms with Crippen molar-refractivity contribution >= 4 is 40.6 Å². The third kappa shape index (κ3) is 6.01. The standard InChI is InChI=1S/C26H22N2O6S/c1-32-20-9-7-19(8-10-20)27-26-28-24(29)23(35-26)14-16-6-11-21(22(13-16)33-2)34-15-17-4-3-5-18(12-17)25(30)31/h3-14H,15H2,1-2H3,(H,30,31)(H,27,28,29)/p-1/b23-14-. The van der Waals surface area contributed by atoms with Crippen LogP contribution in [0.4, 0.5) is 5.69 Å². The van der Waals surface area contributed by atoms with Crippen LogP contribution in [0.2, 0.25) is 0 Å². The summed E-state index contributed by atoms with van der Waals surface area (Å²) in [5, 5.41) is 14.3. The maximum atomic E-state index is 12.4. The molecule has 1 heterocycles. The van der Waals surface area contributed by atoms with Crippen molar-refractivity contribution in [3.05, 3.63) is 88.3 Å². The summed E-state index contributed by atoms with van der Waals surface area (Å²) in [6, 6.07) is 18.9. The topological polar surface area (TPSA) is 109 Å². The number of nitrogens with one attached hydrogen (secondary N) is 1. The van der Waals surface area contributed by atoms with Gasteiger partial charge < -0.3 is 29.4 Å². The van der Waals surface area contributed by atoms with E-state index in [9.17, 15) is 14.7 Å². The molecule has 1 amide bonds. The van der Waals surface area contributed by atoms with Gasteiger partial charge in [-0.05, 0) is 77.0 Å². The highest BCUT2D eigenvalue weighted by molar-refractivity contribution is 8.18. The average Bonchev–Trinajstić information content (AvgIpc) is 3.21.